The van der Waals surface area contributed by atoms with Gasteiger partial charge in [-0.15, -0.1) is 0 Å². The molecule has 0 spiro atoms. The van der Waals surface area contributed by atoms with Gasteiger partial charge in [-0.25, -0.2) is 9.78 Å². The fraction of sp³-hybridized carbons (Fsp3) is 0.143. The molecule has 0 amide bonds. The van der Waals surface area contributed by atoms with Crippen molar-refractivity contribution in [2.75, 3.05) is 0 Å². The maximum absolute atomic E-state index is 10.8. The van der Waals surface area contributed by atoms with Crippen molar-refractivity contribution in [2.45, 2.75) is 13.3 Å². The van der Waals surface area contributed by atoms with E-state index in [1.54, 1.807) is 18.2 Å². The van der Waals surface area contributed by atoms with Crippen molar-refractivity contribution < 1.29 is 14.6 Å². The van der Waals surface area contributed by atoms with Crippen molar-refractivity contribution in [3.63, 3.8) is 0 Å². The molecule has 5 heteroatoms. The topological polar surface area (TPSA) is 59.4 Å². The summed E-state index contributed by atoms with van der Waals surface area (Å²) in [5.74, 6) is -0.0450. The molecule has 2 rings (SSSR count). The van der Waals surface area contributed by atoms with Crippen LogP contribution in [-0.4, -0.2) is 16.1 Å². The van der Waals surface area contributed by atoms with Gasteiger partial charge in [-0.05, 0) is 36.2 Å². The zero-order valence-corrected chi connectivity index (χ0v) is 11.0. The predicted molar refractivity (Wildman–Crippen MR) is 72.1 cm³/mol. The van der Waals surface area contributed by atoms with Gasteiger partial charge in [0.15, 0.2) is 5.69 Å². The molecular weight excluding hydrogens is 266 g/mol. The van der Waals surface area contributed by atoms with Crippen LogP contribution in [0.2, 0.25) is 5.02 Å². The Morgan fingerprint density at radius 1 is 1.32 bits per heavy atom. The van der Waals surface area contributed by atoms with E-state index in [1.807, 2.05) is 13.0 Å². The van der Waals surface area contributed by atoms with E-state index in [4.69, 9.17) is 21.4 Å². The van der Waals surface area contributed by atoms with Gasteiger partial charge in [-0.3, -0.25) is 0 Å². The summed E-state index contributed by atoms with van der Waals surface area (Å²) < 4.78 is 5.60. The Kier molecular flexibility index (Phi) is 4.02. The number of halogens is 1. The number of pyridine rings is 1. The van der Waals surface area contributed by atoms with Gasteiger partial charge in [0.2, 0.25) is 0 Å². The van der Waals surface area contributed by atoms with Crippen molar-refractivity contribution >= 4 is 17.6 Å². The Balaban J connectivity index is 2.26. The lowest BCUT2D eigenvalue weighted by Gasteiger charge is -2.08. The number of nitrogens with zero attached hydrogens (tertiary/aromatic N) is 1. The first-order valence-corrected chi connectivity index (χ1v) is 6.13. The minimum Gasteiger partial charge on any atom is -0.477 e. The van der Waals surface area contributed by atoms with Gasteiger partial charge in [-0.1, -0.05) is 18.5 Å². The third-order valence-corrected chi connectivity index (χ3v) is 2.95. The number of carboxylic acid groups (broad SMARTS) is 1. The van der Waals surface area contributed by atoms with Gasteiger partial charge in [0.25, 0.3) is 0 Å². The molecule has 0 aliphatic carbocycles. The van der Waals surface area contributed by atoms with Crippen molar-refractivity contribution in [1.82, 2.24) is 4.98 Å². The smallest absolute Gasteiger partial charge is 0.354 e. The van der Waals surface area contributed by atoms with Crippen molar-refractivity contribution in [2.24, 2.45) is 0 Å². The number of carboxylic acids is 1. The molecule has 4 nitrogen and oxygen atoms in total. The van der Waals surface area contributed by atoms with E-state index < -0.39 is 5.97 Å². The zero-order valence-electron chi connectivity index (χ0n) is 10.3. The van der Waals surface area contributed by atoms with Gasteiger partial charge in [0.05, 0.1) is 0 Å². The number of rotatable bonds is 4. The van der Waals surface area contributed by atoms with Crippen LogP contribution in [0.1, 0.15) is 23.0 Å². The Labute approximate surface area is 115 Å². The summed E-state index contributed by atoms with van der Waals surface area (Å²) in [6, 6.07) is 8.32. The molecule has 0 saturated heterocycles. The average Bonchev–Trinajstić information content (AvgIpc) is 2.41. The molecule has 1 heterocycles. The Morgan fingerprint density at radius 2 is 2.05 bits per heavy atom. The summed E-state index contributed by atoms with van der Waals surface area (Å²) in [6.07, 6.45) is 2.20. The molecule has 19 heavy (non-hydrogen) atoms. The summed E-state index contributed by atoms with van der Waals surface area (Å²) in [4.78, 5) is 14.5. The lowest BCUT2D eigenvalue weighted by atomic mass is 10.1. The molecule has 0 radical (unpaired) electrons. The van der Waals surface area contributed by atoms with Gasteiger partial charge in [-0.2, -0.15) is 0 Å². The fourth-order valence-corrected chi connectivity index (χ4v) is 1.86. The van der Waals surface area contributed by atoms with Crippen LogP contribution in [0.15, 0.2) is 36.5 Å². The van der Waals surface area contributed by atoms with E-state index in [9.17, 15) is 4.79 Å². The maximum atomic E-state index is 10.8. The summed E-state index contributed by atoms with van der Waals surface area (Å²) in [5.41, 5.74) is 0.925. The molecule has 0 aliphatic heterocycles. The lowest BCUT2D eigenvalue weighted by Crippen LogP contribution is -1.99. The number of aromatic nitrogens is 1. The van der Waals surface area contributed by atoms with Crippen molar-refractivity contribution in [1.29, 1.82) is 0 Å². The molecule has 1 N–H and O–H groups in total. The number of aromatic carboxylic acids is 1. The zero-order chi connectivity index (χ0) is 13.8. The van der Waals surface area contributed by atoms with Crippen LogP contribution >= 0.6 is 11.6 Å². The van der Waals surface area contributed by atoms with E-state index in [2.05, 4.69) is 4.98 Å². The quantitative estimate of drug-likeness (QED) is 0.924. The van der Waals surface area contributed by atoms with E-state index in [1.165, 1.54) is 12.3 Å². The number of carbonyl (C=O) groups is 1. The van der Waals surface area contributed by atoms with Crippen LogP contribution in [0.5, 0.6) is 11.5 Å². The Bertz CT molecular complexity index is 613. The minimum absolute atomic E-state index is 0.0535. The summed E-state index contributed by atoms with van der Waals surface area (Å²) in [5, 5.41) is 9.55. The summed E-state index contributed by atoms with van der Waals surface area (Å²) >= 11 is 6.02. The average molecular weight is 278 g/mol. The molecule has 0 aliphatic rings. The Hall–Kier alpha value is -2.07. The largest absolute Gasteiger partial charge is 0.477 e. The third kappa shape index (κ3) is 3.23. The van der Waals surface area contributed by atoms with E-state index in [-0.39, 0.29) is 5.69 Å². The molecule has 0 saturated carbocycles. The third-order valence-electron chi connectivity index (χ3n) is 2.58. The van der Waals surface area contributed by atoms with Crippen molar-refractivity contribution in [3.05, 3.63) is 52.8 Å². The Morgan fingerprint density at radius 3 is 2.74 bits per heavy atom. The number of benzene rings is 1. The fourth-order valence-electron chi connectivity index (χ4n) is 1.61. The van der Waals surface area contributed by atoms with E-state index in [0.29, 0.717) is 16.5 Å². The minimum atomic E-state index is -1.09. The molecule has 98 valence electrons. The first-order valence-electron chi connectivity index (χ1n) is 5.75. The van der Waals surface area contributed by atoms with Crippen LogP contribution in [0.4, 0.5) is 0 Å². The molecule has 0 atom stereocenters. The summed E-state index contributed by atoms with van der Waals surface area (Å²) in [7, 11) is 0. The van der Waals surface area contributed by atoms with E-state index in [0.717, 1.165) is 12.0 Å². The van der Waals surface area contributed by atoms with Crippen LogP contribution in [0, 0.1) is 0 Å². The van der Waals surface area contributed by atoms with Crippen LogP contribution in [0.25, 0.3) is 0 Å². The SMILES string of the molecule is CCc1cc(Oc2ccnc(C(=O)O)c2)ccc1Cl. The van der Waals surface area contributed by atoms with Gasteiger partial charge < -0.3 is 9.84 Å². The highest BCUT2D eigenvalue weighted by Gasteiger charge is 2.07. The van der Waals surface area contributed by atoms with E-state index >= 15 is 0 Å². The van der Waals surface area contributed by atoms with Crippen LogP contribution < -0.4 is 4.74 Å². The second kappa shape index (κ2) is 5.71. The molecular formula is C14H12ClNO3. The number of hydrogen-bond acceptors (Lipinski definition) is 3. The van der Waals surface area contributed by atoms with Gasteiger partial charge in [0, 0.05) is 17.3 Å². The molecule has 1 aromatic heterocycles. The normalized spacial score (nSPS) is 10.2. The highest BCUT2D eigenvalue weighted by molar-refractivity contribution is 6.31. The molecule has 0 unspecified atom stereocenters. The second-order valence-corrected chi connectivity index (χ2v) is 4.30. The first kappa shape index (κ1) is 13.4. The summed E-state index contributed by atoms with van der Waals surface area (Å²) in [6.45, 7) is 2.00. The van der Waals surface area contributed by atoms with Gasteiger partial charge >= 0.3 is 5.97 Å². The highest BCUT2D eigenvalue weighted by atomic mass is 35.5. The number of ether oxygens (including phenoxy) is 1. The monoisotopic (exact) mass is 277 g/mol. The van der Waals surface area contributed by atoms with Crippen LogP contribution in [-0.2, 0) is 6.42 Å². The van der Waals surface area contributed by atoms with Gasteiger partial charge in [0.1, 0.15) is 11.5 Å². The number of hydrogen-bond donors (Lipinski definition) is 1. The maximum Gasteiger partial charge on any atom is 0.354 e. The molecule has 0 fully saturated rings. The number of aryl methyl sites for hydroxylation is 1. The molecule has 2 aromatic rings. The highest BCUT2D eigenvalue weighted by Crippen LogP contribution is 2.26. The molecule has 0 bridgehead atoms. The lowest BCUT2D eigenvalue weighted by molar-refractivity contribution is 0.0690. The standard InChI is InChI=1S/C14H12ClNO3/c1-2-9-7-10(3-4-12(9)15)19-11-5-6-16-13(8-11)14(17)18/h3-8H,2H2,1H3,(H,17,18). The van der Waals surface area contributed by atoms with Crippen molar-refractivity contribution in [3.8, 4) is 11.5 Å². The van der Waals surface area contributed by atoms with Crippen LogP contribution in [0.3, 0.4) is 0 Å². The first-order chi connectivity index (χ1) is 9.10. The second-order valence-electron chi connectivity index (χ2n) is 3.89. The molecule has 1 aromatic carbocycles. The predicted octanol–water partition coefficient (Wildman–Crippen LogP) is 3.79.